The van der Waals surface area contributed by atoms with Crippen LogP contribution >= 0.6 is 0 Å². The molecule has 0 aromatic heterocycles. The van der Waals surface area contributed by atoms with Gasteiger partial charge in [-0.2, -0.15) is 10.5 Å². The van der Waals surface area contributed by atoms with Crippen LogP contribution in [0.15, 0.2) is 0 Å². The molecule has 1 N–H and O–H groups in total. The first kappa shape index (κ1) is 6.94. The monoisotopic (exact) mass is 110 g/mol. The molecular weight excluding hydrogens is 104 g/mol. The molecule has 0 bridgehead atoms. The molecule has 8 heavy (non-hydrogen) atoms. The van der Waals surface area contributed by atoms with E-state index in [1.165, 1.54) is 0 Å². The second-order valence-corrected chi connectivity index (χ2v) is 1.34. The molecule has 0 saturated heterocycles. The van der Waals surface area contributed by atoms with Crippen molar-refractivity contribution in [3.63, 3.8) is 0 Å². The van der Waals surface area contributed by atoms with Gasteiger partial charge in [0.1, 0.15) is 6.10 Å². The van der Waals surface area contributed by atoms with Crippen LogP contribution in [0.5, 0.6) is 0 Å². The zero-order valence-electron chi connectivity index (χ0n) is 4.33. The third kappa shape index (κ3) is 3.14. The van der Waals surface area contributed by atoms with Gasteiger partial charge in [0, 0.05) is 6.42 Å². The van der Waals surface area contributed by atoms with Crippen LogP contribution in [0, 0.1) is 22.7 Å². The smallest absolute Gasteiger partial charge is 0.141 e. The summed E-state index contributed by atoms with van der Waals surface area (Å²) in [5.74, 6) is 0. The van der Waals surface area contributed by atoms with Gasteiger partial charge in [-0.1, -0.05) is 0 Å². The zero-order chi connectivity index (χ0) is 6.41. The highest BCUT2D eigenvalue weighted by atomic mass is 16.3. The van der Waals surface area contributed by atoms with Crippen molar-refractivity contribution < 1.29 is 5.11 Å². The number of hydrogen-bond donors (Lipinski definition) is 1. The SMILES string of the molecule is N#CCC[C@H](O)C#N. The lowest BCUT2D eigenvalue weighted by atomic mass is 10.2. The van der Waals surface area contributed by atoms with Gasteiger partial charge in [-0.25, -0.2) is 0 Å². The minimum Gasteiger partial charge on any atom is -0.378 e. The summed E-state index contributed by atoms with van der Waals surface area (Å²) in [6, 6.07) is 3.43. The van der Waals surface area contributed by atoms with Crippen molar-refractivity contribution in [2.24, 2.45) is 0 Å². The highest BCUT2D eigenvalue weighted by molar-refractivity contribution is 4.84. The zero-order valence-corrected chi connectivity index (χ0v) is 4.33. The van der Waals surface area contributed by atoms with E-state index in [2.05, 4.69) is 0 Å². The van der Waals surface area contributed by atoms with Crippen LogP contribution < -0.4 is 0 Å². The van der Waals surface area contributed by atoms with E-state index < -0.39 is 6.10 Å². The number of aliphatic hydroxyl groups excluding tert-OH is 1. The largest absolute Gasteiger partial charge is 0.378 e. The Labute approximate surface area is 47.8 Å². The molecule has 0 amide bonds. The third-order valence-corrected chi connectivity index (χ3v) is 0.679. The quantitative estimate of drug-likeness (QED) is 0.515. The van der Waals surface area contributed by atoms with Gasteiger partial charge in [0.2, 0.25) is 0 Å². The molecule has 0 aliphatic rings. The molecule has 0 aromatic carbocycles. The van der Waals surface area contributed by atoms with Gasteiger partial charge in [0.05, 0.1) is 12.1 Å². The topological polar surface area (TPSA) is 67.8 Å². The average Bonchev–Trinajstić information content (AvgIpc) is 1.83. The summed E-state index contributed by atoms with van der Waals surface area (Å²) < 4.78 is 0. The molecule has 0 unspecified atom stereocenters. The lowest BCUT2D eigenvalue weighted by Gasteiger charge is -1.91. The summed E-state index contributed by atoms with van der Waals surface area (Å²) in [7, 11) is 0. The van der Waals surface area contributed by atoms with Gasteiger partial charge >= 0.3 is 0 Å². The number of nitriles is 2. The molecule has 0 aromatic rings. The van der Waals surface area contributed by atoms with Crippen molar-refractivity contribution in [1.82, 2.24) is 0 Å². The van der Waals surface area contributed by atoms with Crippen LogP contribution in [0.4, 0.5) is 0 Å². The van der Waals surface area contributed by atoms with Gasteiger partial charge in [-0.3, -0.25) is 0 Å². The maximum atomic E-state index is 8.48. The Morgan fingerprint density at radius 2 is 2.12 bits per heavy atom. The molecule has 3 nitrogen and oxygen atoms in total. The first-order valence-corrected chi connectivity index (χ1v) is 2.26. The van der Waals surface area contributed by atoms with Crippen LogP contribution in [-0.2, 0) is 0 Å². The summed E-state index contributed by atoms with van der Waals surface area (Å²) in [6.07, 6.45) is -0.462. The number of nitrogens with zero attached hydrogens (tertiary/aromatic N) is 2. The fraction of sp³-hybridized carbons (Fsp3) is 0.600. The van der Waals surface area contributed by atoms with Gasteiger partial charge in [-0.05, 0) is 6.42 Å². The summed E-state index contributed by atoms with van der Waals surface area (Å²) in [4.78, 5) is 0. The van der Waals surface area contributed by atoms with E-state index in [4.69, 9.17) is 15.6 Å². The minimum absolute atomic E-state index is 0.245. The predicted octanol–water partition coefficient (Wildman–Crippen LogP) is 0.175. The Morgan fingerprint density at radius 3 is 2.50 bits per heavy atom. The third-order valence-electron chi connectivity index (χ3n) is 0.679. The molecule has 0 radical (unpaired) electrons. The van der Waals surface area contributed by atoms with Crippen LogP contribution in [0.3, 0.4) is 0 Å². The van der Waals surface area contributed by atoms with E-state index in [0.717, 1.165) is 0 Å². The fourth-order valence-electron chi connectivity index (χ4n) is 0.266. The normalized spacial score (nSPS) is 11.4. The van der Waals surface area contributed by atoms with E-state index in [-0.39, 0.29) is 12.8 Å². The van der Waals surface area contributed by atoms with Crippen molar-refractivity contribution in [1.29, 1.82) is 10.5 Å². The van der Waals surface area contributed by atoms with Gasteiger partial charge in [-0.15, -0.1) is 0 Å². The number of rotatable bonds is 2. The Kier molecular flexibility index (Phi) is 3.56. The molecule has 0 aliphatic heterocycles. The van der Waals surface area contributed by atoms with E-state index >= 15 is 0 Å². The molecular formula is C5H6N2O. The molecule has 0 saturated carbocycles. The van der Waals surface area contributed by atoms with Crippen molar-refractivity contribution in [3.05, 3.63) is 0 Å². The maximum Gasteiger partial charge on any atom is 0.141 e. The van der Waals surface area contributed by atoms with E-state index in [0.29, 0.717) is 0 Å². The summed E-state index contributed by atoms with van der Waals surface area (Å²) in [5, 5.41) is 24.4. The highest BCUT2D eigenvalue weighted by Gasteiger charge is 1.97. The summed E-state index contributed by atoms with van der Waals surface area (Å²) in [6.45, 7) is 0. The molecule has 0 fully saturated rings. The van der Waals surface area contributed by atoms with Gasteiger partial charge < -0.3 is 5.11 Å². The van der Waals surface area contributed by atoms with Crippen LogP contribution in [0.2, 0.25) is 0 Å². The van der Waals surface area contributed by atoms with Crippen LogP contribution in [-0.4, -0.2) is 11.2 Å². The fourth-order valence-corrected chi connectivity index (χ4v) is 0.266. The Hall–Kier alpha value is -1.06. The second-order valence-electron chi connectivity index (χ2n) is 1.34. The Bertz CT molecular complexity index is 130. The summed E-state index contributed by atoms with van der Waals surface area (Å²) >= 11 is 0. The van der Waals surface area contributed by atoms with Crippen molar-refractivity contribution in [3.8, 4) is 12.1 Å². The van der Waals surface area contributed by atoms with E-state index in [1.807, 2.05) is 6.07 Å². The Morgan fingerprint density at radius 1 is 1.50 bits per heavy atom. The van der Waals surface area contributed by atoms with Crippen LogP contribution in [0.25, 0.3) is 0 Å². The molecule has 0 rings (SSSR count). The molecule has 0 aliphatic carbocycles. The van der Waals surface area contributed by atoms with Gasteiger partial charge in [0.15, 0.2) is 0 Å². The second kappa shape index (κ2) is 4.11. The van der Waals surface area contributed by atoms with Gasteiger partial charge in [0.25, 0.3) is 0 Å². The van der Waals surface area contributed by atoms with Crippen LogP contribution in [0.1, 0.15) is 12.8 Å². The van der Waals surface area contributed by atoms with Crippen molar-refractivity contribution in [2.75, 3.05) is 0 Å². The number of hydrogen-bond acceptors (Lipinski definition) is 3. The van der Waals surface area contributed by atoms with Crippen molar-refractivity contribution >= 4 is 0 Å². The Balaban J connectivity index is 3.18. The first-order chi connectivity index (χ1) is 3.81. The molecule has 0 heterocycles. The molecule has 0 spiro atoms. The first-order valence-electron chi connectivity index (χ1n) is 2.26. The average molecular weight is 110 g/mol. The minimum atomic E-state index is -0.963. The molecule has 42 valence electrons. The number of aliphatic hydroxyl groups is 1. The molecule has 1 atom stereocenters. The van der Waals surface area contributed by atoms with E-state index in [9.17, 15) is 0 Å². The predicted molar refractivity (Wildman–Crippen MR) is 26.5 cm³/mol. The van der Waals surface area contributed by atoms with Crippen molar-refractivity contribution in [2.45, 2.75) is 18.9 Å². The lowest BCUT2D eigenvalue weighted by Crippen LogP contribution is -2.00. The summed E-state index contributed by atoms with van der Waals surface area (Å²) in [5.41, 5.74) is 0. The molecule has 3 heteroatoms. The standard InChI is InChI=1S/C5H6N2O/c6-3-1-2-5(8)4-7/h5,8H,1-2H2/t5-/m0/s1. The lowest BCUT2D eigenvalue weighted by molar-refractivity contribution is 0.221. The van der Waals surface area contributed by atoms with E-state index in [1.54, 1.807) is 6.07 Å². The highest BCUT2D eigenvalue weighted by Crippen LogP contribution is 1.91. The maximum absolute atomic E-state index is 8.48.